The lowest BCUT2D eigenvalue weighted by Crippen LogP contribution is -2.39. The summed E-state index contributed by atoms with van der Waals surface area (Å²) in [7, 11) is 1.23. The van der Waals surface area contributed by atoms with Crippen molar-refractivity contribution in [3.8, 4) is 11.5 Å². The van der Waals surface area contributed by atoms with Crippen LogP contribution < -0.4 is 0 Å². The van der Waals surface area contributed by atoms with Crippen LogP contribution in [0.2, 0.25) is 0 Å². The van der Waals surface area contributed by atoms with Crippen LogP contribution in [0.15, 0.2) is 0 Å². The predicted molar refractivity (Wildman–Crippen MR) is 79.6 cm³/mol. The lowest BCUT2D eigenvalue weighted by atomic mass is 9.88. The van der Waals surface area contributed by atoms with Crippen molar-refractivity contribution >= 4 is 5.97 Å². The summed E-state index contributed by atoms with van der Waals surface area (Å²) in [5.41, 5.74) is 0.770. The average Bonchev–Trinajstić information content (AvgIpc) is 2.49. The van der Waals surface area contributed by atoms with Gasteiger partial charge in [0.2, 0.25) is 0 Å². The molecule has 0 bridgehead atoms. The van der Waals surface area contributed by atoms with Crippen LogP contribution in [0, 0.1) is 20.8 Å². The summed E-state index contributed by atoms with van der Waals surface area (Å²) in [6, 6.07) is 0. The molecule has 0 aliphatic carbocycles. The third-order valence-electron chi connectivity index (χ3n) is 4.31. The van der Waals surface area contributed by atoms with Gasteiger partial charge in [0.1, 0.15) is 11.5 Å². The lowest BCUT2D eigenvalue weighted by molar-refractivity contribution is -0.163. The summed E-state index contributed by atoms with van der Waals surface area (Å²) < 4.78 is 4.62. The van der Waals surface area contributed by atoms with Crippen molar-refractivity contribution in [1.82, 2.24) is 0 Å². The molecule has 3 N–H and O–H groups in total. The molecule has 118 valence electrons. The van der Waals surface area contributed by atoms with Crippen molar-refractivity contribution in [3.63, 3.8) is 0 Å². The summed E-state index contributed by atoms with van der Waals surface area (Å²) in [6.07, 6.45) is 0.606. The quantitative estimate of drug-likeness (QED) is 0.573. The third kappa shape index (κ3) is 3.13. The van der Waals surface area contributed by atoms with E-state index in [0.29, 0.717) is 22.3 Å². The van der Waals surface area contributed by atoms with Crippen molar-refractivity contribution in [3.05, 3.63) is 22.3 Å². The number of rotatable bonds is 5. The Bertz CT molecular complexity index is 521. The Morgan fingerprint density at radius 2 is 1.62 bits per heavy atom. The van der Waals surface area contributed by atoms with Gasteiger partial charge in [-0.15, -0.1) is 0 Å². The van der Waals surface area contributed by atoms with E-state index in [2.05, 4.69) is 4.74 Å². The van der Waals surface area contributed by atoms with Crippen LogP contribution in [0.5, 0.6) is 11.5 Å². The number of benzene rings is 1. The second kappa shape index (κ2) is 6.35. The van der Waals surface area contributed by atoms with Gasteiger partial charge in [0.15, 0.2) is 5.60 Å². The maximum Gasteiger partial charge on any atom is 0.337 e. The minimum atomic E-state index is -1.58. The highest BCUT2D eigenvalue weighted by Gasteiger charge is 2.35. The van der Waals surface area contributed by atoms with E-state index in [1.807, 2.05) is 0 Å². The number of esters is 1. The van der Waals surface area contributed by atoms with Gasteiger partial charge in [0, 0.05) is 5.56 Å². The van der Waals surface area contributed by atoms with Crippen LogP contribution in [0.4, 0.5) is 0 Å². The first-order valence-electron chi connectivity index (χ1n) is 7.01. The molecule has 0 aliphatic heterocycles. The van der Waals surface area contributed by atoms with Crippen LogP contribution in [0.3, 0.4) is 0 Å². The summed E-state index contributed by atoms with van der Waals surface area (Å²) in [5.74, 6) is -0.445. The molecule has 0 aromatic heterocycles. The molecule has 0 radical (unpaired) electrons. The number of aliphatic hydroxyl groups is 1. The van der Waals surface area contributed by atoms with E-state index in [4.69, 9.17) is 0 Å². The van der Waals surface area contributed by atoms with Crippen molar-refractivity contribution < 1.29 is 24.9 Å². The molecule has 0 heterocycles. The molecule has 0 saturated heterocycles. The molecule has 1 atom stereocenters. The highest BCUT2D eigenvalue weighted by molar-refractivity contribution is 5.79. The number of hydrogen-bond donors (Lipinski definition) is 3. The molecular formula is C16H24O5. The maximum absolute atomic E-state index is 11.7. The Balaban J connectivity index is 3.13. The summed E-state index contributed by atoms with van der Waals surface area (Å²) >= 11 is 0. The van der Waals surface area contributed by atoms with E-state index in [1.165, 1.54) is 7.11 Å². The maximum atomic E-state index is 11.7. The number of carbonyl (C=O) groups is 1. The number of aromatic hydroxyl groups is 2. The van der Waals surface area contributed by atoms with Crippen molar-refractivity contribution in [2.75, 3.05) is 7.11 Å². The fraction of sp³-hybridized carbons (Fsp3) is 0.562. The molecule has 1 unspecified atom stereocenters. The smallest absolute Gasteiger partial charge is 0.337 e. The van der Waals surface area contributed by atoms with Gasteiger partial charge < -0.3 is 20.1 Å². The van der Waals surface area contributed by atoms with Crippen molar-refractivity contribution in [1.29, 1.82) is 0 Å². The molecule has 0 fully saturated rings. The van der Waals surface area contributed by atoms with Crippen LogP contribution >= 0.6 is 0 Å². The summed E-state index contributed by atoms with van der Waals surface area (Å²) in [6.45, 7) is 6.86. The SMILES string of the molecule is CCC(O)(CCc1c(C)c(O)c(C)c(C)c1O)C(=O)OC. The molecule has 1 aromatic carbocycles. The lowest BCUT2D eigenvalue weighted by Gasteiger charge is -2.24. The largest absolute Gasteiger partial charge is 0.507 e. The Morgan fingerprint density at radius 1 is 1.10 bits per heavy atom. The minimum absolute atomic E-state index is 0.103. The van der Waals surface area contributed by atoms with Crippen LogP contribution in [0.1, 0.15) is 42.0 Å². The van der Waals surface area contributed by atoms with Gasteiger partial charge in [-0.2, -0.15) is 0 Å². The Morgan fingerprint density at radius 3 is 2.10 bits per heavy atom. The topological polar surface area (TPSA) is 87.0 Å². The number of hydrogen-bond acceptors (Lipinski definition) is 5. The van der Waals surface area contributed by atoms with Gasteiger partial charge in [-0.05, 0) is 56.7 Å². The monoisotopic (exact) mass is 296 g/mol. The first-order chi connectivity index (χ1) is 9.69. The summed E-state index contributed by atoms with van der Waals surface area (Å²) in [4.78, 5) is 11.7. The van der Waals surface area contributed by atoms with E-state index in [0.717, 1.165) is 0 Å². The summed E-state index contributed by atoms with van der Waals surface area (Å²) in [5, 5.41) is 30.6. The second-order valence-electron chi connectivity index (χ2n) is 5.43. The van der Waals surface area contributed by atoms with E-state index in [1.54, 1.807) is 27.7 Å². The number of carbonyl (C=O) groups excluding carboxylic acids is 1. The molecule has 5 nitrogen and oxygen atoms in total. The molecule has 0 aliphatic rings. The molecule has 0 saturated carbocycles. The molecule has 21 heavy (non-hydrogen) atoms. The van der Waals surface area contributed by atoms with E-state index in [-0.39, 0.29) is 30.8 Å². The second-order valence-corrected chi connectivity index (χ2v) is 5.43. The zero-order valence-corrected chi connectivity index (χ0v) is 13.3. The highest BCUT2D eigenvalue weighted by Crippen LogP contribution is 2.37. The van der Waals surface area contributed by atoms with Crippen LogP contribution in [-0.2, 0) is 16.0 Å². The van der Waals surface area contributed by atoms with E-state index in [9.17, 15) is 20.1 Å². The standard InChI is InChI=1S/C16H24O5/c1-6-16(20,15(19)21-5)8-7-12-11(4)13(17)9(2)10(3)14(12)18/h17-18,20H,6-8H2,1-5H3. The Hall–Kier alpha value is -1.75. The van der Waals surface area contributed by atoms with Crippen LogP contribution in [-0.4, -0.2) is 34.0 Å². The molecule has 1 aromatic rings. The molecule has 5 heteroatoms. The van der Waals surface area contributed by atoms with Gasteiger partial charge in [0.05, 0.1) is 7.11 Å². The van der Waals surface area contributed by atoms with Gasteiger partial charge in [-0.25, -0.2) is 4.79 Å². The zero-order valence-electron chi connectivity index (χ0n) is 13.3. The van der Waals surface area contributed by atoms with Gasteiger partial charge in [-0.1, -0.05) is 6.92 Å². The van der Waals surface area contributed by atoms with E-state index < -0.39 is 11.6 Å². The Kier molecular flexibility index (Phi) is 5.23. The third-order valence-corrected chi connectivity index (χ3v) is 4.31. The molecule has 0 spiro atoms. The molecule has 0 amide bonds. The molecular weight excluding hydrogens is 272 g/mol. The van der Waals surface area contributed by atoms with Gasteiger partial charge >= 0.3 is 5.97 Å². The van der Waals surface area contributed by atoms with Gasteiger partial charge in [-0.3, -0.25) is 0 Å². The predicted octanol–water partition coefficient (Wildman–Crippen LogP) is 2.27. The zero-order chi connectivity index (χ0) is 16.4. The molecule has 1 rings (SSSR count). The fourth-order valence-corrected chi connectivity index (χ4v) is 2.43. The highest BCUT2D eigenvalue weighted by atomic mass is 16.5. The Labute approximate surface area is 125 Å². The number of phenols is 2. The van der Waals surface area contributed by atoms with E-state index >= 15 is 0 Å². The first-order valence-corrected chi connectivity index (χ1v) is 7.01. The average molecular weight is 296 g/mol. The number of methoxy groups -OCH3 is 1. The first kappa shape index (κ1) is 17.3. The van der Waals surface area contributed by atoms with Crippen molar-refractivity contribution in [2.24, 2.45) is 0 Å². The number of ether oxygens (including phenoxy) is 1. The fourth-order valence-electron chi connectivity index (χ4n) is 2.43. The minimum Gasteiger partial charge on any atom is -0.507 e. The normalized spacial score (nSPS) is 13.8. The van der Waals surface area contributed by atoms with Crippen LogP contribution in [0.25, 0.3) is 0 Å². The van der Waals surface area contributed by atoms with Crippen molar-refractivity contribution in [2.45, 2.75) is 52.6 Å². The van der Waals surface area contributed by atoms with Gasteiger partial charge in [0.25, 0.3) is 0 Å². The number of phenolic OH excluding ortho intramolecular Hbond substituents is 2.